The van der Waals surface area contributed by atoms with Crippen molar-refractivity contribution < 1.29 is 37.6 Å². The summed E-state index contributed by atoms with van der Waals surface area (Å²) in [5.74, 6) is -5.40. The Morgan fingerprint density at radius 2 is 1.84 bits per heavy atom. The number of fused-ring (bicyclic) bond motifs is 1. The summed E-state index contributed by atoms with van der Waals surface area (Å²) >= 11 is 0. The van der Waals surface area contributed by atoms with Gasteiger partial charge in [0, 0.05) is 31.1 Å². The van der Waals surface area contributed by atoms with Crippen LogP contribution < -0.4 is 5.32 Å². The number of non-ortho nitro benzene ring substituents is 1. The molecule has 2 aliphatic rings. The molecule has 2 N–H and O–H groups in total. The van der Waals surface area contributed by atoms with E-state index in [-0.39, 0.29) is 24.2 Å². The Hall–Kier alpha value is -3.80. The van der Waals surface area contributed by atoms with Gasteiger partial charge in [0.2, 0.25) is 11.8 Å². The maximum atomic E-state index is 13.5. The Morgan fingerprint density at radius 3 is 2.41 bits per heavy atom. The van der Waals surface area contributed by atoms with E-state index in [9.17, 15) is 42.8 Å². The number of nitro benzene ring substituents is 1. The molecule has 0 spiro atoms. The molecule has 196 valence electrons. The first-order valence-electron chi connectivity index (χ1n) is 11.7. The van der Waals surface area contributed by atoms with E-state index in [1.54, 1.807) is 0 Å². The molecule has 2 aromatic rings. The van der Waals surface area contributed by atoms with Crippen molar-refractivity contribution in [3.05, 3.63) is 75.3 Å². The molecule has 0 bridgehead atoms. The minimum atomic E-state index is -4.67. The number of nitrogens with zero attached hydrogens (tertiary/aromatic N) is 2. The summed E-state index contributed by atoms with van der Waals surface area (Å²) in [5.41, 5.74) is -2.84. The molecular formula is C25H24F3N3O6. The molecule has 4 rings (SSSR count). The zero-order valence-electron chi connectivity index (χ0n) is 19.7. The highest BCUT2D eigenvalue weighted by atomic mass is 19.4. The average molecular weight is 519 g/mol. The van der Waals surface area contributed by atoms with E-state index in [0.29, 0.717) is 18.4 Å². The molecule has 4 atom stereocenters. The van der Waals surface area contributed by atoms with Crippen LogP contribution in [0.5, 0.6) is 0 Å². The SMILES string of the molecule is CCCCN1C(=O)C2C(c3cccc(C(F)(F)F)c3)NC(Cc3ccc([N+](=O)[O-])cc3)(C(=O)O)C2C1=O. The molecule has 2 heterocycles. The molecule has 12 heteroatoms. The summed E-state index contributed by atoms with van der Waals surface area (Å²) in [7, 11) is 0. The highest BCUT2D eigenvalue weighted by molar-refractivity contribution is 6.09. The van der Waals surface area contributed by atoms with E-state index >= 15 is 0 Å². The molecule has 2 aliphatic heterocycles. The lowest BCUT2D eigenvalue weighted by Crippen LogP contribution is -2.57. The smallest absolute Gasteiger partial charge is 0.416 e. The number of amides is 2. The Labute approximate surface area is 209 Å². The van der Waals surface area contributed by atoms with E-state index in [0.717, 1.165) is 17.0 Å². The van der Waals surface area contributed by atoms with Crippen LogP contribution in [-0.4, -0.2) is 44.8 Å². The lowest BCUT2D eigenvalue weighted by Gasteiger charge is -2.31. The fourth-order valence-corrected chi connectivity index (χ4v) is 5.29. The first-order valence-corrected chi connectivity index (χ1v) is 11.7. The molecule has 37 heavy (non-hydrogen) atoms. The fourth-order valence-electron chi connectivity index (χ4n) is 5.29. The number of likely N-dealkylation sites (tertiary alicyclic amines) is 1. The van der Waals surface area contributed by atoms with E-state index in [4.69, 9.17) is 0 Å². The molecule has 2 amide bonds. The maximum absolute atomic E-state index is 13.5. The third-order valence-electron chi connectivity index (χ3n) is 7.07. The Kier molecular flexibility index (Phi) is 6.80. The number of nitrogens with one attached hydrogen (secondary N) is 1. The number of carbonyl (C=O) groups excluding carboxylic acids is 2. The summed E-state index contributed by atoms with van der Waals surface area (Å²) in [6, 6.07) is 8.16. The zero-order valence-corrected chi connectivity index (χ0v) is 19.7. The van der Waals surface area contributed by atoms with Gasteiger partial charge in [0.25, 0.3) is 5.69 Å². The van der Waals surface area contributed by atoms with Crippen molar-refractivity contribution >= 4 is 23.5 Å². The summed E-state index contributed by atoms with van der Waals surface area (Å²) in [6.45, 7) is 1.93. The third-order valence-corrected chi connectivity index (χ3v) is 7.07. The van der Waals surface area contributed by atoms with Gasteiger partial charge < -0.3 is 5.11 Å². The van der Waals surface area contributed by atoms with Gasteiger partial charge in [-0.05, 0) is 29.7 Å². The number of aliphatic carboxylic acids is 1. The minimum absolute atomic E-state index is 0.0372. The van der Waals surface area contributed by atoms with Gasteiger partial charge in [-0.3, -0.25) is 34.7 Å². The van der Waals surface area contributed by atoms with Crippen molar-refractivity contribution in [1.82, 2.24) is 10.2 Å². The van der Waals surface area contributed by atoms with Crippen LogP contribution in [0.25, 0.3) is 0 Å². The lowest BCUT2D eigenvalue weighted by atomic mass is 9.76. The van der Waals surface area contributed by atoms with Crippen LogP contribution in [0, 0.1) is 22.0 Å². The van der Waals surface area contributed by atoms with Crippen LogP contribution in [0.1, 0.15) is 42.5 Å². The van der Waals surface area contributed by atoms with Crippen molar-refractivity contribution in [2.45, 2.75) is 43.9 Å². The highest BCUT2D eigenvalue weighted by Gasteiger charge is 2.68. The molecule has 0 radical (unpaired) electrons. The van der Waals surface area contributed by atoms with Crippen molar-refractivity contribution in [2.75, 3.05) is 6.54 Å². The van der Waals surface area contributed by atoms with Crippen molar-refractivity contribution in [2.24, 2.45) is 11.8 Å². The molecule has 0 saturated carbocycles. The first kappa shape index (κ1) is 26.3. The number of carboxylic acid groups (broad SMARTS) is 1. The van der Waals surface area contributed by atoms with Gasteiger partial charge in [0.1, 0.15) is 5.54 Å². The second kappa shape index (κ2) is 9.58. The normalized spacial score (nSPS) is 25.4. The van der Waals surface area contributed by atoms with Gasteiger partial charge in [-0.2, -0.15) is 13.2 Å². The topological polar surface area (TPSA) is 130 Å². The number of unbranched alkanes of at least 4 members (excludes halogenated alkanes) is 1. The lowest BCUT2D eigenvalue weighted by molar-refractivity contribution is -0.384. The zero-order chi connectivity index (χ0) is 27.1. The quantitative estimate of drug-likeness (QED) is 0.309. The van der Waals surface area contributed by atoms with Gasteiger partial charge in [-0.1, -0.05) is 37.6 Å². The van der Waals surface area contributed by atoms with Gasteiger partial charge >= 0.3 is 12.1 Å². The number of imide groups is 1. The molecular weight excluding hydrogens is 495 g/mol. The van der Waals surface area contributed by atoms with E-state index < -0.39 is 57.9 Å². The number of hydrogen-bond donors (Lipinski definition) is 2. The Balaban J connectivity index is 1.82. The molecule has 9 nitrogen and oxygen atoms in total. The first-order chi connectivity index (χ1) is 17.4. The van der Waals surface area contributed by atoms with Crippen molar-refractivity contribution in [1.29, 1.82) is 0 Å². The van der Waals surface area contributed by atoms with Crippen LogP contribution in [0.15, 0.2) is 48.5 Å². The number of nitro groups is 1. The molecule has 4 unspecified atom stereocenters. The predicted molar refractivity (Wildman–Crippen MR) is 123 cm³/mol. The molecule has 2 aromatic carbocycles. The number of carboxylic acids is 1. The van der Waals surface area contributed by atoms with Crippen LogP contribution in [0.4, 0.5) is 18.9 Å². The van der Waals surface area contributed by atoms with Crippen LogP contribution in [-0.2, 0) is 27.0 Å². The Morgan fingerprint density at radius 1 is 1.16 bits per heavy atom. The average Bonchev–Trinajstić information content (AvgIpc) is 3.32. The monoisotopic (exact) mass is 519 g/mol. The molecule has 0 aromatic heterocycles. The molecule has 2 saturated heterocycles. The predicted octanol–water partition coefficient (Wildman–Crippen LogP) is 3.73. The molecule has 2 fully saturated rings. The fraction of sp³-hybridized carbons (Fsp3) is 0.400. The van der Waals surface area contributed by atoms with E-state index in [1.807, 2.05) is 6.92 Å². The summed E-state index contributed by atoms with van der Waals surface area (Å²) in [6.07, 6.45) is -3.84. The second-order valence-corrected chi connectivity index (χ2v) is 9.31. The van der Waals surface area contributed by atoms with Gasteiger partial charge in [0.05, 0.1) is 22.3 Å². The minimum Gasteiger partial charge on any atom is -0.480 e. The number of hydrogen-bond acceptors (Lipinski definition) is 6. The van der Waals surface area contributed by atoms with Gasteiger partial charge in [0.15, 0.2) is 0 Å². The van der Waals surface area contributed by atoms with Crippen molar-refractivity contribution in [3.8, 4) is 0 Å². The standard InChI is InChI=1S/C25H24F3N3O6/c1-2-3-11-30-21(32)18-19(22(30)33)24(23(34)35,13-14-7-9-17(10-8-14)31(36)37)29-20(18)15-5-4-6-16(12-15)25(26,27)28/h4-10,12,18-20,29H,2-3,11,13H2,1H3,(H,34,35). The summed E-state index contributed by atoms with van der Waals surface area (Å²) < 4.78 is 40.3. The number of alkyl halides is 3. The maximum Gasteiger partial charge on any atom is 0.416 e. The van der Waals surface area contributed by atoms with Crippen LogP contribution >= 0.6 is 0 Å². The number of carbonyl (C=O) groups is 3. The van der Waals surface area contributed by atoms with Gasteiger partial charge in [-0.15, -0.1) is 0 Å². The van der Waals surface area contributed by atoms with Crippen LogP contribution in [0.2, 0.25) is 0 Å². The third kappa shape index (κ3) is 4.57. The number of rotatable bonds is 8. The van der Waals surface area contributed by atoms with E-state index in [1.165, 1.54) is 36.4 Å². The van der Waals surface area contributed by atoms with Crippen LogP contribution in [0.3, 0.4) is 0 Å². The highest BCUT2D eigenvalue weighted by Crippen LogP contribution is 2.50. The van der Waals surface area contributed by atoms with E-state index in [2.05, 4.69) is 5.32 Å². The number of benzene rings is 2. The van der Waals surface area contributed by atoms with Crippen molar-refractivity contribution in [3.63, 3.8) is 0 Å². The summed E-state index contributed by atoms with van der Waals surface area (Å²) in [4.78, 5) is 51.1. The second-order valence-electron chi connectivity index (χ2n) is 9.31. The molecule has 0 aliphatic carbocycles. The summed E-state index contributed by atoms with van der Waals surface area (Å²) in [5, 5.41) is 24.3. The Bertz CT molecular complexity index is 1250. The largest absolute Gasteiger partial charge is 0.480 e. The number of halogens is 3. The van der Waals surface area contributed by atoms with Gasteiger partial charge in [-0.25, -0.2) is 0 Å².